The van der Waals surface area contributed by atoms with Crippen molar-refractivity contribution < 1.29 is 9.84 Å². The summed E-state index contributed by atoms with van der Waals surface area (Å²) in [5.41, 5.74) is 13.9. The van der Waals surface area contributed by atoms with E-state index in [0.29, 0.717) is 11.4 Å². The van der Waals surface area contributed by atoms with Crippen LogP contribution in [-0.4, -0.2) is 24.4 Å². The summed E-state index contributed by atoms with van der Waals surface area (Å²) >= 11 is 0. The first-order valence-electron chi connectivity index (χ1n) is 4.43. The normalized spacial score (nSPS) is 11.6. The van der Waals surface area contributed by atoms with Crippen LogP contribution in [0.2, 0.25) is 0 Å². The lowest BCUT2D eigenvalue weighted by molar-refractivity contribution is 0.114. The van der Waals surface area contributed by atoms with Crippen molar-refractivity contribution in [1.82, 2.24) is 0 Å². The Morgan fingerprint density at radius 1 is 1.53 bits per heavy atom. The van der Waals surface area contributed by atoms with Crippen LogP contribution in [0, 0.1) is 0 Å². The van der Waals surface area contributed by atoms with Gasteiger partial charge in [0, 0.05) is 11.5 Å². The number of para-hydroxylation sites is 1. The molecule has 1 atom stereocenters. The maximum Gasteiger partial charge on any atom is 0.129 e. The Balaban J connectivity index is 2.71. The summed E-state index contributed by atoms with van der Waals surface area (Å²) in [6.07, 6.45) is -0.718. The molecule has 0 radical (unpaired) electrons. The van der Waals surface area contributed by atoms with Crippen LogP contribution in [0.5, 0.6) is 5.75 Å². The lowest BCUT2D eigenvalue weighted by atomic mass is 10.3. The van der Waals surface area contributed by atoms with Gasteiger partial charge in [-0.25, -0.2) is 0 Å². The first kappa shape index (κ1) is 11.3. The first-order valence-corrected chi connectivity index (χ1v) is 4.43. The number of ether oxygens (including phenoxy) is 1. The van der Waals surface area contributed by atoms with Crippen LogP contribution in [0.3, 0.4) is 0 Å². The van der Waals surface area contributed by atoms with Crippen LogP contribution >= 0.6 is 0 Å². The maximum absolute atomic E-state index is 9.19. The maximum atomic E-state index is 9.19. The molecule has 0 aliphatic carbocycles. The van der Waals surface area contributed by atoms with Crippen LogP contribution in [0.25, 0.3) is 10.4 Å². The van der Waals surface area contributed by atoms with Gasteiger partial charge in [-0.2, -0.15) is 0 Å². The van der Waals surface area contributed by atoms with Crippen molar-refractivity contribution in [2.75, 3.05) is 13.2 Å². The van der Waals surface area contributed by atoms with E-state index in [1.165, 1.54) is 0 Å². The minimum Gasteiger partial charge on any atom is -0.490 e. The number of rotatable bonds is 5. The van der Waals surface area contributed by atoms with E-state index in [1.54, 1.807) is 24.3 Å². The Morgan fingerprint density at radius 3 is 2.93 bits per heavy atom. The fourth-order valence-corrected chi connectivity index (χ4v) is 0.964. The van der Waals surface area contributed by atoms with Crippen molar-refractivity contribution in [2.45, 2.75) is 6.10 Å². The molecule has 0 fully saturated rings. The smallest absolute Gasteiger partial charge is 0.129 e. The molecule has 1 rings (SSSR count). The highest BCUT2D eigenvalue weighted by molar-refractivity contribution is 5.51. The number of hydrogen-bond acceptors (Lipinski definition) is 4. The molecular weight excluding hydrogens is 196 g/mol. The Bertz CT molecular complexity index is 363. The van der Waals surface area contributed by atoms with Crippen molar-refractivity contribution >= 4 is 5.69 Å². The SMILES string of the molecule is [N-]=[N+]=Nc1ccccc1OCC(O)CN. The van der Waals surface area contributed by atoms with E-state index in [9.17, 15) is 5.11 Å². The molecule has 15 heavy (non-hydrogen) atoms. The van der Waals surface area contributed by atoms with Gasteiger partial charge in [-0.1, -0.05) is 17.2 Å². The number of azide groups is 1. The van der Waals surface area contributed by atoms with Gasteiger partial charge in [0.15, 0.2) is 0 Å². The summed E-state index contributed by atoms with van der Waals surface area (Å²) in [6.45, 7) is 0.206. The summed E-state index contributed by atoms with van der Waals surface area (Å²) in [5, 5.41) is 12.6. The Labute approximate surface area is 86.9 Å². The third-order valence-corrected chi connectivity index (χ3v) is 1.72. The van der Waals surface area contributed by atoms with E-state index >= 15 is 0 Å². The van der Waals surface area contributed by atoms with Crippen molar-refractivity contribution in [2.24, 2.45) is 10.8 Å². The summed E-state index contributed by atoms with van der Waals surface area (Å²) < 4.78 is 5.25. The molecule has 1 aromatic rings. The molecule has 6 nitrogen and oxygen atoms in total. The molecule has 0 aliphatic rings. The van der Waals surface area contributed by atoms with Crippen molar-refractivity contribution in [1.29, 1.82) is 0 Å². The molecular formula is C9H12N4O2. The molecule has 0 aliphatic heterocycles. The summed E-state index contributed by atoms with van der Waals surface area (Å²) in [7, 11) is 0. The van der Waals surface area contributed by atoms with Gasteiger partial charge < -0.3 is 15.6 Å². The lowest BCUT2D eigenvalue weighted by Gasteiger charge is -2.11. The molecule has 1 aromatic carbocycles. The molecule has 0 heterocycles. The van der Waals surface area contributed by atoms with Gasteiger partial charge in [-0.3, -0.25) is 0 Å². The van der Waals surface area contributed by atoms with Crippen LogP contribution < -0.4 is 10.5 Å². The van der Waals surface area contributed by atoms with Gasteiger partial charge >= 0.3 is 0 Å². The highest BCUT2D eigenvalue weighted by Gasteiger charge is 2.04. The van der Waals surface area contributed by atoms with Crippen LogP contribution in [0.1, 0.15) is 0 Å². The summed E-state index contributed by atoms with van der Waals surface area (Å²) in [5.74, 6) is 0.433. The topological polar surface area (TPSA) is 104 Å². The lowest BCUT2D eigenvalue weighted by Crippen LogP contribution is -2.26. The number of nitrogens with zero attached hydrogens (tertiary/aromatic N) is 3. The Kier molecular flexibility index (Phi) is 4.43. The van der Waals surface area contributed by atoms with Gasteiger partial charge in [0.05, 0.1) is 5.69 Å². The zero-order valence-corrected chi connectivity index (χ0v) is 8.08. The standard InChI is InChI=1S/C9H12N4O2/c10-5-7(14)6-15-9-4-2-1-3-8(9)12-13-11/h1-4,7,14H,5-6,10H2. The highest BCUT2D eigenvalue weighted by atomic mass is 16.5. The number of aliphatic hydroxyl groups is 1. The quantitative estimate of drug-likeness (QED) is 0.433. The highest BCUT2D eigenvalue weighted by Crippen LogP contribution is 2.26. The number of hydrogen-bond donors (Lipinski definition) is 2. The Morgan fingerprint density at radius 2 is 2.27 bits per heavy atom. The van der Waals surface area contributed by atoms with Crippen LogP contribution in [0.15, 0.2) is 29.4 Å². The average Bonchev–Trinajstić information content (AvgIpc) is 2.28. The second-order valence-electron chi connectivity index (χ2n) is 2.86. The molecule has 80 valence electrons. The molecule has 0 saturated carbocycles. The van der Waals surface area contributed by atoms with E-state index in [-0.39, 0.29) is 13.2 Å². The zero-order valence-electron chi connectivity index (χ0n) is 8.08. The van der Waals surface area contributed by atoms with E-state index in [4.69, 9.17) is 16.0 Å². The van der Waals surface area contributed by atoms with Crippen LogP contribution in [0.4, 0.5) is 5.69 Å². The summed E-state index contributed by atoms with van der Waals surface area (Å²) in [6, 6.07) is 6.77. The third kappa shape index (κ3) is 3.47. The minimum atomic E-state index is -0.718. The largest absolute Gasteiger partial charge is 0.490 e. The molecule has 3 N–H and O–H groups in total. The van der Waals surface area contributed by atoms with E-state index in [0.717, 1.165) is 0 Å². The minimum absolute atomic E-state index is 0.0778. The van der Waals surface area contributed by atoms with Gasteiger partial charge in [0.1, 0.15) is 18.5 Å². The van der Waals surface area contributed by atoms with Gasteiger partial charge in [0.2, 0.25) is 0 Å². The number of benzene rings is 1. The second kappa shape index (κ2) is 5.87. The van der Waals surface area contributed by atoms with Crippen molar-refractivity contribution in [3.63, 3.8) is 0 Å². The van der Waals surface area contributed by atoms with E-state index < -0.39 is 6.10 Å². The summed E-state index contributed by atoms with van der Waals surface area (Å²) in [4.78, 5) is 2.67. The number of nitrogens with two attached hydrogens (primary N) is 1. The molecule has 6 heteroatoms. The monoisotopic (exact) mass is 208 g/mol. The van der Waals surface area contributed by atoms with Crippen molar-refractivity contribution in [3.8, 4) is 5.75 Å². The second-order valence-corrected chi connectivity index (χ2v) is 2.86. The zero-order chi connectivity index (χ0) is 11.1. The predicted molar refractivity (Wildman–Crippen MR) is 55.8 cm³/mol. The molecule has 1 unspecified atom stereocenters. The molecule has 0 aromatic heterocycles. The molecule has 0 spiro atoms. The predicted octanol–water partition coefficient (Wildman–Crippen LogP) is 1.33. The average molecular weight is 208 g/mol. The van der Waals surface area contributed by atoms with E-state index in [1.807, 2.05) is 0 Å². The first-order chi connectivity index (χ1) is 7.27. The molecule has 0 amide bonds. The van der Waals surface area contributed by atoms with Gasteiger partial charge in [0.25, 0.3) is 0 Å². The fourth-order valence-electron chi connectivity index (χ4n) is 0.964. The molecule has 0 bridgehead atoms. The third-order valence-electron chi connectivity index (χ3n) is 1.72. The van der Waals surface area contributed by atoms with Gasteiger partial charge in [-0.05, 0) is 17.7 Å². The van der Waals surface area contributed by atoms with Crippen molar-refractivity contribution in [3.05, 3.63) is 34.7 Å². The van der Waals surface area contributed by atoms with Gasteiger partial charge in [-0.15, -0.1) is 0 Å². The Hall–Kier alpha value is -1.75. The van der Waals surface area contributed by atoms with Crippen LogP contribution in [-0.2, 0) is 0 Å². The molecule has 0 saturated heterocycles. The van der Waals surface area contributed by atoms with E-state index in [2.05, 4.69) is 10.0 Å². The number of aliphatic hydroxyl groups excluding tert-OH is 1. The fraction of sp³-hybridized carbons (Fsp3) is 0.333.